The van der Waals surface area contributed by atoms with Gasteiger partial charge in [-0.3, -0.25) is 9.79 Å². The van der Waals surface area contributed by atoms with Crippen molar-refractivity contribution >= 4 is 22.8 Å². The number of nitrogens with zero attached hydrogens (tertiary/aromatic N) is 2. The molecule has 0 aromatic carbocycles. The van der Waals surface area contributed by atoms with Crippen LogP contribution in [0.5, 0.6) is 0 Å². The van der Waals surface area contributed by atoms with E-state index in [0.29, 0.717) is 17.8 Å². The summed E-state index contributed by atoms with van der Waals surface area (Å²) < 4.78 is 0. The summed E-state index contributed by atoms with van der Waals surface area (Å²) >= 11 is 1.75. The van der Waals surface area contributed by atoms with E-state index in [0.717, 1.165) is 37.5 Å². The minimum atomic E-state index is 0.176. The van der Waals surface area contributed by atoms with Crippen LogP contribution in [0, 0.1) is 0 Å². The molecule has 2 fully saturated rings. The van der Waals surface area contributed by atoms with Gasteiger partial charge in [0.2, 0.25) is 5.91 Å². The quantitative estimate of drug-likeness (QED) is 0.832. The summed E-state index contributed by atoms with van der Waals surface area (Å²) in [6.45, 7) is 6.51. The van der Waals surface area contributed by atoms with Crippen molar-refractivity contribution in [3.8, 4) is 0 Å². The summed E-state index contributed by atoms with van der Waals surface area (Å²) in [6.07, 6.45) is 4.70. The lowest BCUT2D eigenvalue weighted by Gasteiger charge is -2.28. The molecule has 0 aromatic rings. The van der Waals surface area contributed by atoms with Gasteiger partial charge in [-0.1, -0.05) is 18.7 Å². The number of likely N-dealkylation sites (tertiary alicyclic amines) is 1. The van der Waals surface area contributed by atoms with Crippen LogP contribution in [0.1, 0.15) is 39.5 Å². The smallest absolute Gasteiger partial charge is 0.244 e. The number of hydrogen-bond acceptors (Lipinski definition) is 3. The molecule has 2 aliphatic heterocycles. The summed E-state index contributed by atoms with van der Waals surface area (Å²) in [5.41, 5.74) is 0. The van der Waals surface area contributed by atoms with Gasteiger partial charge >= 0.3 is 0 Å². The number of rotatable bonds is 2. The monoisotopic (exact) mass is 269 g/mol. The molecule has 2 aliphatic rings. The van der Waals surface area contributed by atoms with Crippen molar-refractivity contribution in [3.63, 3.8) is 0 Å². The number of thioether (sulfide) groups is 1. The zero-order valence-electron chi connectivity index (χ0n) is 11.3. The molecule has 2 unspecified atom stereocenters. The molecule has 0 spiro atoms. The molecule has 2 saturated heterocycles. The van der Waals surface area contributed by atoms with Gasteiger partial charge in [-0.15, -0.1) is 0 Å². The molecular formula is C13H23N3OS. The zero-order chi connectivity index (χ0) is 13.0. The lowest BCUT2D eigenvalue weighted by molar-refractivity contribution is -0.130. The largest absolute Gasteiger partial charge is 0.362 e. The molecule has 0 bridgehead atoms. The minimum Gasteiger partial charge on any atom is -0.362 e. The summed E-state index contributed by atoms with van der Waals surface area (Å²) in [5.74, 6) is 0.176. The van der Waals surface area contributed by atoms with Gasteiger partial charge in [0.15, 0.2) is 5.17 Å². The predicted octanol–water partition coefficient (Wildman–Crippen LogP) is 1.86. The maximum Gasteiger partial charge on any atom is 0.244 e. The first kappa shape index (κ1) is 13.7. The molecular weight excluding hydrogens is 246 g/mol. The molecule has 1 N–H and O–H groups in total. The van der Waals surface area contributed by atoms with E-state index in [1.165, 1.54) is 6.42 Å². The van der Waals surface area contributed by atoms with Crippen LogP contribution in [0.3, 0.4) is 0 Å². The van der Waals surface area contributed by atoms with Gasteiger partial charge in [0.1, 0.15) is 6.54 Å². The Morgan fingerprint density at radius 1 is 1.39 bits per heavy atom. The van der Waals surface area contributed by atoms with Crippen molar-refractivity contribution in [2.75, 3.05) is 19.6 Å². The van der Waals surface area contributed by atoms with E-state index in [1.807, 2.05) is 4.90 Å². The van der Waals surface area contributed by atoms with Crippen molar-refractivity contribution in [2.45, 2.75) is 50.8 Å². The fraction of sp³-hybridized carbons (Fsp3) is 0.846. The van der Waals surface area contributed by atoms with Crippen molar-refractivity contribution in [1.29, 1.82) is 0 Å². The van der Waals surface area contributed by atoms with Gasteiger partial charge in [-0.2, -0.15) is 0 Å². The summed E-state index contributed by atoms with van der Waals surface area (Å²) in [6, 6.07) is 0.463. The highest BCUT2D eigenvalue weighted by Gasteiger charge is 2.21. The molecule has 2 rings (SSSR count). The van der Waals surface area contributed by atoms with Gasteiger partial charge in [-0.25, -0.2) is 0 Å². The molecule has 0 saturated carbocycles. The third-order valence-corrected chi connectivity index (χ3v) is 4.50. The molecule has 1 amide bonds. The van der Waals surface area contributed by atoms with E-state index in [9.17, 15) is 4.79 Å². The molecule has 0 radical (unpaired) electrons. The predicted molar refractivity (Wildman–Crippen MR) is 77.0 cm³/mol. The van der Waals surface area contributed by atoms with E-state index < -0.39 is 0 Å². The number of amides is 1. The Labute approximate surface area is 114 Å². The Morgan fingerprint density at radius 2 is 2.11 bits per heavy atom. The van der Waals surface area contributed by atoms with Gasteiger partial charge in [0, 0.05) is 24.4 Å². The minimum absolute atomic E-state index is 0.176. The number of aliphatic imine (C=N–C) groups is 1. The molecule has 18 heavy (non-hydrogen) atoms. The second kappa shape index (κ2) is 6.45. The van der Waals surface area contributed by atoms with E-state index >= 15 is 0 Å². The highest BCUT2D eigenvalue weighted by molar-refractivity contribution is 8.14. The first-order valence-corrected chi connectivity index (χ1v) is 7.78. The number of amidine groups is 1. The van der Waals surface area contributed by atoms with Gasteiger partial charge in [0.05, 0.1) is 0 Å². The van der Waals surface area contributed by atoms with Gasteiger partial charge < -0.3 is 10.2 Å². The second-order valence-corrected chi connectivity index (χ2v) is 6.70. The maximum atomic E-state index is 12.0. The molecule has 0 aromatic heterocycles. The number of carbonyl (C=O) groups excluding carboxylic acids is 1. The topological polar surface area (TPSA) is 44.7 Å². The summed E-state index contributed by atoms with van der Waals surface area (Å²) in [4.78, 5) is 18.4. The fourth-order valence-electron chi connectivity index (χ4n) is 2.51. The first-order valence-electron chi connectivity index (χ1n) is 6.90. The number of piperidine rings is 1. The number of carbonyl (C=O) groups is 1. The SMILES string of the molecule is CC1CC(C)SC(=NCC(=O)N2CCCCC2)N1. The van der Waals surface area contributed by atoms with Crippen LogP contribution >= 0.6 is 11.8 Å². The summed E-state index contributed by atoms with van der Waals surface area (Å²) in [7, 11) is 0. The van der Waals surface area contributed by atoms with E-state index in [-0.39, 0.29) is 5.91 Å². The van der Waals surface area contributed by atoms with Crippen LogP contribution in [0.15, 0.2) is 4.99 Å². The lowest BCUT2D eigenvalue weighted by Crippen LogP contribution is -2.40. The maximum absolute atomic E-state index is 12.0. The number of hydrogen-bond donors (Lipinski definition) is 1. The van der Waals surface area contributed by atoms with Crippen LogP contribution in [-0.2, 0) is 4.79 Å². The average Bonchev–Trinajstić information content (AvgIpc) is 2.36. The highest BCUT2D eigenvalue weighted by atomic mass is 32.2. The third kappa shape index (κ3) is 3.90. The van der Waals surface area contributed by atoms with Gasteiger partial charge in [-0.05, 0) is 32.6 Å². The van der Waals surface area contributed by atoms with Crippen LogP contribution in [-0.4, -0.2) is 46.9 Å². The first-order chi connectivity index (χ1) is 8.65. The van der Waals surface area contributed by atoms with Crippen molar-refractivity contribution in [1.82, 2.24) is 10.2 Å². The highest BCUT2D eigenvalue weighted by Crippen LogP contribution is 2.22. The van der Waals surface area contributed by atoms with Crippen molar-refractivity contribution in [3.05, 3.63) is 0 Å². The average molecular weight is 269 g/mol. The van der Waals surface area contributed by atoms with E-state index in [2.05, 4.69) is 24.2 Å². The van der Waals surface area contributed by atoms with Crippen LogP contribution in [0.25, 0.3) is 0 Å². The molecule has 2 heterocycles. The van der Waals surface area contributed by atoms with Crippen LogP contribution in [0.4, 0.5) is 0 Å². The van der Waals surface area contributed by atoms with E-state index in [4.69, 9.17) is 0 Å². The standard InChI is InChI=1S/C13H23N3OS/c1-10-8-11(2)18-13(15-10)14-9-12(17)16-6-4-3-5-7-16/h10-11H,3-9H2,1-2H3,(H,14,15). The Morgan fingerprint density at radius 3 is 2.78 bits per heavy atom. The van der Waals surface area contributed by atoms with E-state index in [1.54, 1.807) is 11.8 Å². The lowest BCUT2D eigenvalue weighted by atomic mass is 10.1. The Balaban J connectivity index is 1.83. The Kier molecular flexibility index (Phi) is 4.92. The Bertz CT molecular complexity index is 314. The zero-order valence-corrected chi connectivity index (χ0v) is 12.1. The molecule has 2 atom stereocenters. The summed E-state index contributed by atoms with van der Waals surface area (Å²) in [5, 5.41) is 4.87. The van der Waals surface area contributed by atoms with Crippen molar-refractivity contribution < 1.29 is 4.79 Å². The molecule has 102 valence electrons. The normalized spacial score (nSPS) is 31.2. The van der Waals surface area contributed by atoms with Gasteiger partial charge in [0.25, 0.3) is 0 Å². The molecule has 5 heteroatoms. The van der Waals surface area contributed by atoms with Crippen LogP contribution < -0.4 is 5.32 Å². The molecule has 4 nitrogen and oxygen atoms in total. The van der Waals surface area contributed by atoms with Crippen LogP contribution in [0.2, 0.25) is 0 Å². The Hall–Kier alpha value is -0.710. The number of nitrogens with one attached hydrogen (secondary N) is 1. The van der Waals surface area contributed by atoms with Crippen molar-refractivity contribution in [2.24, 2.45) is 4.99 Å². The second-order valence-electron chi connectivity index (χ2n) is 5.27. The fourth-order valence-corrected chi connectivity index (χ4v) is 3.68. The molecule has 0 aliphatic carbocycles. The third-order valence-electron chi connectivity index (χ3n) is 3.43.